The van der Waals surface area contributed by atoms with Gasteiger partial charge in [0.25, 0.3) is 5.91 Å². The third kappa shape index (κ3) is 2.64. The first-order chi connectivity index (χ1) is 9.04. The molecule has 2 N–H and O–H groups in total. The molecule has 1 saturated heterocycles. The Morgan fingerprint density at radius 3 is 2.84 bits per heavy atom. The summed E-state index contributed by atoms with van der Waals surface area (Å²) >= 11 is 0. The normalized spacial score (nSPS) is 19.3. The molecule has 1 amide bonds. The van der Waals surface area contributed by atoms with Gasteiger partial charge in [0.05, 0.1) is 18.4 Å². The van der Waals surface area contributed by atoms with Crippen molar-refractivity contribution >= 4 is 11.6 Å². The Morgan fingerprint density at radius 2 is 2.21 bits per heavy atom. The smallest absolute Gasteiger partial charge is 0.257 e. The van der Waals surface area contributed by atoms with Crippen LogP contribution in [0.5, 0.6) is 5.75 Å². The van der Waals surface area contributed by atoms with Gasteiger partial charge in [-0.15, -0.1) is 0 Å². The Labute approximate surface area is 112 Å². The summed E-state index contributed by atoms with van der Waals surface area (Å²) in [7, 11) is 1.45. The summed E-state index contributed by atoms with van der Waals surface area (Å²) in [5.74, 6) is -0.557. The molecule has 1 fully saturated rings. The van der Waals surface area contributed by atoms with Crippen LogP contribution in [0, 0.1) is 5.82 Å². The SMILES string of the molecule is COc1cc(C(=O)N2CCCCC2C)c(F)cc1N. The van der Waals surface area contributed by atoms with Crippen LogP contribution in [-0.4, -0.2) is 30.5 Å². The zero-order valence-corrected chi connectivity index (χ0v) is 11.3. The van der Waals surface area contributed by atoms with E-state index in [-0.39, 0.29) is 23.2 Å². The highest BCUT2D eigenvalue weighted by Gasteiger charge is 2.26. The number of benzene rings is 1. The van der Waals surface area contributed by atoms with E-state index in [2.05, 4.69) is 0 Å². The maximum atomic E-state index is 13.9. The van der Waals surface area contributed by atoms with Crippen LogP contribution < -0.4 is 10.5 Å². The van der Waals surface area contributed by atoms with Crippen LogP contribution in [0.4, 0.5) is 10.1 Å². The molecule has 0 radical (unpaired) electrons. The Kier molecular flexibility index (Phi) is 3.93. The van der Waals surface area contributed by atoms with E-state index < -0.39 is 5.82 Å². The summed E-state index contributed by atoms with van der Waals surface area (Å²) in [4.78, 5) is 14.1. The number of carbonyl (C=O) groups is 1. The maximum absolute atomic E-state index is 13.9. The van der Waals surface area contributed by atoms with Gasteiger partial charge in [0.15, 0.2) is 0 Å². The summed E-state index contributed by atoms with van der Waals surface area (Å²) in [6, 6.07) is 2.67. The van der Waals surface area contributed by atoms with Gasteiger partial charge in [0.1, 0.15) is 11.6 Å². The summed E-state index contributed by atoms with van der Waals surface area (Å²) in [5.41, 5.74) is 5.84. The predicted molar refractivity (Wildman–Crippen MR) is 71.7 cm³/mol. The fourth-order valence-corrected chi connectivity index (χ4v) is 2.46. The molecule has 1 heterocycles. The van der Waals surface area contributed by atoms with Gasteiger partial charge < -0.3 is 15.4 Å². The second-order valence-electron chi connectivity index (χ2n) is 4.92. The number of nitrogens with zero attached hydrogens (tertiary/aromatic N) is 1. The molecule has 5 heteroatoms. The van der Waals surface area contributed by atoms with E-state index >= 15 is 0 Å². The van der Waals surface area contributed by atoms with Crippen LogP contribution in [0.2, 0.25) is 0 Å². The van der Waals surface area contributed by atoms with Crippen molar-refractivity contribution in [2.45, 2.75) is 32.2 Å². The number of piperidine rings is 1. The number of rotatable bonds is 2. The van der Waals surface area contributed by atoms with Crippen molar-refractivity contribution in [1.29, 1.82) is 0 Å². The molecular formula is C14H19FN2O2. The Bertz CT molecular complexity index is 491. The van der Waals surface area contributed by atoms with E-state index in [1.54, 1.807) is 4.90 Å². The lowest BCUT2D eigenvalue weighted by Gasteiger charge is -2.33. The molecule has 1 aliphatic heterocycles. The number of amides is 1. The van der Waals surface area contributed by atoms with Crippen LogP contribution in [0.15, 0.2) is 12.1 Å². The van der Waals surface area contributed by atoms with Crippen molar-refractivity contribution in [3.05, 3.63) is 23.5 Å². The standard InChI is InChI=1S/C14H19FN2O2/c1-9-5-3-4-6-17(9)14(18)10-7-13(19-2)12(16)8-11(10)15/h7-9H,3-6,16H2,1-2H3. The molecular weight excluding hydrogens is 247 g/mol. The van der Waals surface area contributed by atoms with Crippen molar-refractivity contribution in [3.8, 4) is 5.75 Å². The minimum absolute atomic E-state index is 0.0276. The van der Waals surface area contributed by atoms with Gasteiger partial charge in [-0.25, -0.2) is 4.39 Å². The number of nitrogen functional groups attached to an aromatic ring is 1. The highest BCUT2D eigenvalue weighted by molar-refractivity contribution is 5.95. The quantitative estimate of drug-likeness (QED) is 0.836. The summed E-state index contributed by atoms with van der Waals surface area (Å²) < 4.78 is 19.0. The lowest BCUT2D eigenvalue weighted by Crippen LogP contribution is -2.42. The monoisotopic (exact) mass is 266 g/mol. The van der Waals surface area contributed by atoms with Gasteiger partial charge in [0.2, 0.25) is 0 Å². The second kappa shape index (κ2) is 5.47. The molecule has 19 heavy (non-hydrogen) atoms. The van der Waals surface area contributed by atoms with Crippen LogP contribution in [0.3, 0.4) is 0 Å². The molecule has 4 nitrogen and oxygen atoms in total. The van der Waals surface area contributed by atoms with Crippen LogP contribution in [-0.2, 0) is 0 Å². The number of halogens is 1. The number of hydrogen-bond acceptors (Lipinski definition) is 3. The number of nitrogens with two attached hydrogens (primary N) is 1. The molecule has 0 saturated carbocycles. The average molecular weight is 266 g/mol. The zero-order valence-electron chi connectivity index (χ0n) is 11.3. The highest BCUT2D eigenvalue weighted by atomic mass is 19.1. The molecule has 0 spiro atoms. The van der Waals surface area contributed by atoms with Gasteiger partial charge in [-0.2, -0.15) is 0 Å². The van der Waals surface area contributed by atoms with Crippen LogP contribution >= 0.6 is 0 Å². The Hall–Kier alpha value is -1.78. The fourth-order valence-electron chi connectivity index (χ4n) is 2.46. The number of ether oxygens (including phenoxy) is 1. The number of hydrogen-bond donors (Lipinski definition) is 1. The summed E-state index contributed by atoms with van der Waals surface area (Å²) in [5, 5.41) is 0. The molecule has 1 unspecified atom stereocenters. The van der Waals surface area contributed by atoms with Crippen molar-refractivity contribution < 1.29 is 13.9 Å². The predicted octanol–water partition coefficient (Wildman–Crippen LogP) is 2.43. The summed E-state index contributed by atoms with van der Waals surface area (Å²) in [6.45, 7) is 2.66. The lowest BCUT2D eigenvalue weighted by atomic mass is 10.0. The fraction of sp³-hybridized carbons (Fsp3) is 0.500. The minimum atomic E-state index is -0.596. The van der Waals surface area contributed by atoms with Crippen molar-refractivity contribution in [1.82, 2.24) is 4.90 Å². The van der Waals surface area contributed by atoms with Gasteiger partial charge in [-0.3, -0.25) is 4.79 Å². The molecule has 2 rings (SSSR count). The van der Waals surface area contributed by atoms with E-state index in [1.165, 1.54) is 13.2 Å². The molecule has 104 valence electrons. The number of likely N-dealkylation sites (tertiary alicyclic amines) is 1. The Balaban J connectivity index is 2.32. The molecule has 1 aromatic rings. The van der Waals surface area contributed by atoms with Gasteiger partial charge in [0, 0.05) is 18.7 Å². The lowest BCUT2D eigenvalue weighted by molar-refractivity contribution is 0.0630. The van der Waals surface area contributed by atoms with Gasteiger partial charge in [-0.05, 0) is 32.3 Å². The van der Waals surface area contributed by atoms with E-state index in [4.69, 9.17) is 10.5 Å². The largest absolute Gasteiger partial charge is 0.495 e. The molecule has 1 aliphatic rings. The first-order valence-corrected chi connectivity index (χ1v) is 6.48. The first-order valence-electron chi connectivity index (χ1n) is 6.48. The molecule has 0 aromatic heterocycles. The van der Waals surface area contributed by atoms with Crippen molar-refractivity contribution in [3.63, 3.8) is 0 Å². The third-order valence-corrected chi connectivity index (χ3v) is 3.61. The number of carbonyl (C=O) groups excluding carboxylic acids is 1. The van der Waals surface area contributed by atoms with Crippen LogP contribution in [0.25, 0.3) is 0 Å². The summed E-state index contributed by atoms with van der Waals surface area (Å²) in [6.07, 6.45) is 3.03. The number of anilines is 1. The third-order valence-electron chi connectivity index (χ3n) is 3.61. The van der Waals surface area contributed by atoms with E-state index in [1.807, 2.05) is 6.92 Å². The van der Waals surface area contributed by atoms with E-state index in [0.717, 1.165) is 25.3 Å². The maximum Gasteiger partial charge on any atom is 0.257 e. The highest BCUT2D eigenvalue weighted by Crippen LogP contribution is 2.27. The van der Waals surface area contributed by atoms with Crippen molar-refractivity contribution in [2.75, 3.05) is 19.4 Å². The molecule has 0 aliphatic carbocycles. The number of methoxy groups -OCH3 is 1. The zero-order chi connectivity index (χ0) is 14.0. The topological polar surface area (TPSA) is 55.6 Å². The van der Waals surface area contributed by atoms with E-state index in [0.29, 0.717) is 12.3 Å². The van der Waals surface area contributed by atoms with Crippen molar-refractivity contribution in [2.24, 2.45) is 0 Å². The van der Waals surface area contributed by atoms with Gasteiger partial charge in [-0.1, -0.05) is 0 Å². The van der Waals surface area contributed by atoms with E-state index in [9.17, 15) is 9.18 Å². The van der Waals surface area contributed by atoms with Crippen LogP contribution in [0.1, 0.15) is 36.5 Å². The second-order valence-corrected chi connectivity index (χ2v) is 4.92. The molecule has 1 atom stereocenters. The average Bonchev–Trinajstić information content (AvgIpc) is 2.39. The Morgan fingerprint density at radius 1 is 1.47 bits per heavy atom. The minimum Gasteiger partial charge on any atom is -0.495 e. The molecule has 0 bridgehead atoms. The molecule has 1 aromatic carbocycles. The van der Waals surface area contributed by atoms with Gasteiger partial charge >= 0.3 is 0 Å². The first kappa shape index (κ1) is 13.6.